The van der Waals surface area contributed by atoms with Crippen molar-refractivity contribution in [3.8, 4) is 0 Å². The highest BCUT2D eigenvalue weighted by molar-refractivity contribution is 6.03. The van der Waals surface area contributed by atoms with Gasteiger partial charge in [-0.2, -0.15) is 0 Å². The molecule has 0 spiro atoms. The Bertz CT molecular complexity index is 461. The number of rotatable bonds is 5. The summed E-state index contributed by atoms with van der Waals surface area (Å²) in [6.45, 7) is 2.05. The molecule has 0 aromatic heterocycles. The van der Waals surface area contributed by atoms with Gasteiger partial charge in [0.1, 0.15) is 5.78 Å². The van der Waals surface area contributed by atoms with Crippen molar-refractivity contribution in [2.24, 2.45) is 5.41 Å². The number of allylic oxidation sites excluding steroid dienone is 2. The predicted octanol–water partition coefficient (Wildman–Crippen LogP) is 2.66. The number of carboxylic acid groups (broad SMARTS) is 1. The highest BCUT2D eigenvalue weighted by Crippen LogP contribution is 2.52. The molecule has 1 saturated carbocycles. The second kappa shape index (κ2) is 5.27. The minimum absolute atomic E-state index is 0.0268. The van der Waals surface area contributed by atoms with Crippen molar-refractivity contribution >= 4 is 17.5 Å². The van der Waals surface area contributed by atoms with E-state index in [1.54, 1.807) is 0 Å². The maximum Gasteiger partial charge on any atom is 0.303 e. The average Bonchev–Trinajstić information content (AvgIpc) is 2.67. The van der Waals surface area contributed by atoms with Gasteiger partial charge in [0.25, 0.3) is 0 Å². The monoisotopic (exact) mass is 264 g/mol. The molecule has 0 heterocycles. The zero-order valence-electron chi connectivity index (χ0n) is 11.3. The summed E-state index contributed by atoms with van der Waals surface area (Å²) in [5.74, 6) is -0.584. The summed E-state index contributed by atoms with van der Waals surface area (Å²) in [6.07, 6.45) is 4.15. The van der Waals surface area contributed by atoms with E-state index in [0.717, 1.165) is 18.4 Å². The molecule has 2 rings (SSSR count). The zero-order chi connectivity index (χ0) is 14.0. The Hall–Kier alpha value is -1.45. The van der Waals surface area contributed by atoms with Crippen LogP contribution in [0.25, 0.3) is 0 Å². The molecule has 1 unspecified atom stereocenters. The van der Waals surface area contributed by atoms with Crippen LogP contribution in [-0.2, 0) is 14.4 Å². The van der Waals surface area contributed by atoms with Gasteiger partial charge in [-0.25, -0.2) is 0 Å². The molecule has 2 aliphatic rings. The van der Waals surface area contributed by atoms with E-state index in [-0.39, 0.29) is 24.4 Å². The summed E-state index contributed by atoms with van der Waals surface area (Å²) in [5, 5.41) is 8.79. The Morgan fingerprint density at radius 1 is 1.26 bits per heavy atom. The van der Waals surface area contributed by atoms with Crippen LogP contribution in [0.1, 0.15) is 58.3 Å². The first kappa shape index (κ1) is 14.0. The Kier molecular flexibility index (Phi) is 3.88. The normalized spacial score (nSPS) is 26.8. The lowest BCUT2D eigenvalue weighted by Crippen LogP contribution is -2.33. The van der Waals surface area contributed by atoms with Crippen molar-refractivity contribution in [3.05, 3.63) is 11.1 Å². The molecule has 0 aromatic rings. The molecular formula is C15H20O4. The number of carbonyl (C=O) groups is 3. The van der Waals surface area contributed by atoms with Crippen molar-refractivity contribution in [2.75, 3.05) is 0 Å². The van der Waals surface area contributed by atoms with E-state index in [2.05, 4.69) is 0 Å². The molecule has 104 valence electrons. The van der Waals surface area contributed by atoms with Crippen LogP contribution in [0.15, 0.2) is 11.1 Å². The molecule has 1 fully saturated rings. The molecule has 0 saturated heterocycles. The largest absolute Gasteiger partial charge is 0.481 e. The van der Waals surface area contributed by atoms with Crippen molar-refractivity contribution in [1.29, 1.82) is 0 Å². The van der Waals surface area contributed by atoms with Crippen LogP contribution in [0.2, 0.25) is 0 Å². The number of fused-ring (bicyclic) bond motifs is 1. The summed E-state index contributed by atoms with van der Waals surface area (Å²) in [4.78, 5) is 35.0. The maximum absolute atomic E-state index is 12.2. The van der Waals surface area contributed by atoms with Crippen molar-refractivity contribution < 1.29 is 19.5 Å². The quantitative estimate of drug-likeness (QED) is 0.828. The fourth-order valence-electron chi connectivity index (χ4n) is 3.63. The number of aliphatic carboxylic acids is 1. The fourth-order valence-corrected chi connectivity index (χ4v) is 3.63. The number of hydrogen-bond donors (Lipinski definition) is 1. The lowest BCUT2D eigenvalue weighted by Gasteiger charge is -2.34. The number of carboxylic acids is 1. The van der Waals surface area contributed by atoms with Crippen LogP contribution >= 0.6 is 0 Å². The van der Waals surface area contributed by atoms with Crippen LogP contribution < -0.4 is 0 Å². The fraction of sp³-hybridized carbons (Fsp3) is 0.667. The first-order chi connectivity index (χ1) is 9.01. The van der Waals surface area contributed by atoms with E-state index < -0.39 is 11.4 Å². The second-order valence-electron chi connectivity index (χ2n) is 5.53. The van der Waals surface area contributed by atoms with Gasteiger partial charge in [-0.15, -0.1) is 0 Å². The molecule has 0 aliphatic heterocycles. The lowest BCUT2D eigenvalue weighted by molar-refractivity contribution is -0.137. The topological polar surface area (TPSA) is 71.4 Å². The molecule has 1 N–H and O–H groups in total. The van der Waals surface area contributed by atoms with E-state index in [1.807, 2.05) is 6.92 Å². The first-order valence-electron chi connectivity index (χ1n) is 7.02. The molecule has 0 aromatic carbocycles. The molecule has 0 bridgehead atoms. The number of ketones is 2. The first-order valence-corrected chi connectivity index (χ1v) is 7.02. The van der Waals surface area contributed by atoms with Gasteiger partial charge in [-0.3, -0.25) is 14.4 Å². The van der Waals surface area contributed by atoms with Crippen molar-refractivity contribution in [1.82, 2.24) is 0 Å². The van der Waals surface area contributed by atoms with Crippen molar-refractivity contribution in [3.63, 3.8) is 0 Å². The highest BCUT2D eigenvalue weighted by Gasteiger charge is 2.49. The van der Waals surface area contributed by atoms with E-state index >= 15 is 0 Å². The molecule has 0 amide bonds. The molecule has 4 nitrogen and oxygen atoms in total. The summed E-state index contributed by atoms with van der Waals surface area (Å²) >= 11 is 0. The van der Waals surface area contributed by atoms with Gasteiger partial charge in [0.15, 0.2) is 5.78 Å². The summed E-state index contributed by atoms with van der Waals surface area (Å²) in [5.41, 5.74) is 1.18. The maximum atomic E-state index is 12.2. The Balaban J connectivity index is 2.38. The van der Waals surface area contributed by atoms with Gasteiger partial charge in [0, 0.05) is 19.3 Å². The summed E-state index contributed by atoms with van der Waals surface area (Å²) < 4.78 is 0. The molecule has 2 aliphatic carbocycles. The third-order valence-corrected chi connectivity index (χ3v) is 4.46. The van der Waals surface area contributed by atoms with E-state index in [1.165, 1.54) is 0 Å². The van der Waals surface area contributed by atoms with E-state index in [9.17, 15) is 14.4 Å². The van der Waals surface area contributed by atoms with Crippen LogP contribution in [-0.4, -0.2) is 22.6 Å². The molecule has 0 radical (unpaired) electrons. The van der Waals surface area contributed by atoms with E-state index in [0.29, 0.717) is 31.3 Å². The minimum Gasteiger partial charge on any atom is -0.481 e. The molecule has 19 heavy (non-hydrogen) atoms. The standard InChI is InChI=1S/C15H20O4/c1-2-8-15-9-7-12(16)10(3-6-14(18)19)11(15)4-5-13(15)17/h2-9H2,1H3,(H,18,19). The Morgan fingerprint density at radius 3 is 2.63 bits per heavy atom. The summed E-state index contributed by atoms with van der Waals surface area (Å²) in [6, 6.07) is 0. The number of carbonyl (C=O) groups excluding carboxylic acids is 2. The Labute approximate surface area is 112 Å². The highest BCUT2D eigenvalue weighted by atomic mass is 16.4. The van der Waals surface area contributed by atoms with Gasteiger partial charge in [-0.05, 0) is 36.8 Å². The van der Waals surface area contributed by atoms with Crippen molar-refractivity contribution in [2.45, 2.75) is 58.3 Å². The zero-order valence-corrected chi connectivity index (χ0v) is 11.3. The minimum atomic E-state index is -0.892. The lowest BCUT2D eigenvalue weighted by atomic mass is 9.67. The average molecular weight is 264 g/mol. The van der Waals surface area contributed by atoms with Gasteiger partial charge >= 0.3 is 5.97 Å². The van der Waals surface area contributed by atoms with Gasteiger partial charge in [0.05, 0.1) is 5.41 Å². The number of hydrogen-bond acceptors (Lipinski definition) is 3. The third-order valence-electron chi connectivity index (χ3n) is 4.46. The second-order valence-corrected chi connectivity index (χ2v) is 5.53. The van der Waals surface area contributed by atoms with Crippen LogP contribution in [0, 0.1) is 5.41 Å². The van der Waals surface area contributed by atoms with Gasteiger partial charge < -0.3 is 5.11 Å². The van der Waals surface area contributed by atoms with Crippen LogP contribution in [0.4, 0.5) is 0 Å². The smallest absolute Gasteiger partial charge is 0.303 e. The molecular weight excluding hydrogens is 244 g/mol. The summed E-state index contributed by atoms with van der Waals surface area (Å²) in [7, 11) is 0. The van der Waals surface area contributed by atoms with Gasteiger partial charge in [-0.1, -0.05) is 13.3 Å². The van der Waals surface area contributed by atoms with Gasteiger partial charge in [0.2, 0.25) is 0 Å². The predicted molar refractivity (Wildman–Crippen MR) is 69.7 cm³/mol. The molecule has 4 heteroatoms. The SMILES string of the molecule is CCCC12CCC(=O)C(CCC(=O)O)=C1CCC2=O. The van der Waals surface area contributed by atoms with Crippen LogP contribution in [0.5, 0.6) is 0 Å². The molecule has 1 atom stereocenters. The third kappa shape index (κ3) is 2.36. The van der Waals surface area contributed by atoms with E-state index in [4.69, 9.17) is 5.11 Å². The number of Topliss-reactive ketones (excluding diaryl/α,β-unsaturated/α-hetero) is 2. The van der Waals surface area contributed by atoms with Crippen LogP contribution in [0.3, 0.4) is 0 Å². The Morgan fingerprint density at radius 2 is 2.00 bits per heavy atom.